The molecule has 0 aromatic carbocycles. The zero-order valence-corrected chi connectivity index (χ0v) is 6.73. The second kappa shape index (κ2) is 4.41. The highest BCUT2D eigenvalue weighted by molar-refractivity contribution is 7.99. The Morgan fingerprint density at radius 3 is 3.30 bits per heavy atom. The summed E-state index contributed by atoms with van der Waals surface area (Å²) in [5.41, 5.74) is 1.48. The molecule has 1 aromatic rings. The second-order valence-corrected chi connectivity index (χ2v) is 2.69. The van der Waals surface area contributed by atoms with E-state index in [-0.39, 0.29) is 0 Å². The van der Waals surface area contributed by atoms with E-state index in [1.165, 1.54) is 17.3 Å². The van der Waals surface area contributed by atoms with E-state index in [1.54, 1.807) is 12.5 Å². The molecule has 0 fully saturated rings. The van der Waals surface area contributed by atoms with Gasteiger partial charge in [-0.05, 0) is 0 Å². The summed E-state index contributed by atoms with van der Waals surface area (Å²) in [4.78, 5) is 3.91. The van der Waals surface area contributed by atoms with E-state index in [1.807, 2.05) is 6.08 Å². The molecule has 0 unspecified atom stereocenters. The highest BCUT2D eigenvalue weighted by Gasteiger charge is 1.93. The SMILES string of the molecule is Cl/C=C/CSc1ncco1. The van der Waals surface area contributed by atoms with Gasteiger partial charge in [-0.2, -0.15) is 0 Å². The lowest BCUT2D eigenvalue weighted by atomic mass is 10.8. The van der Waals surface area contributed by atoms with Gasteiger partial charge in [0.25, 0.3) is 5.22 Å². The van der Waals surface area contributed by atoms with Crippen LogP contribution in [0.4, 0.5) is 0 Å². The van der Waals surface area contributed by atoms with Crippen LogP contribution in [0.2, 0.25) is 0 Å². The first-order valence-electron chi connectivity index (χ1n) is 2.71. The van der Waals surface area contributed by atoms with Gasteiger partial charge in [-0.3, -0.25) is 0 Å². The van der Waals surface area contributed by atoms with Crippen molar-refractivity contribution < 1.29 is 4.42 Å². The Morgan fingerprint density at radius 2 is 2.70 bits per heavy atom. The van der Waals surface area contributed by atoms with Crippen molar-refractivity contribution in [2.45, 2.75) is 5.22 Å². The lowest BCUT2D eigenvalue weighted by Crippen LogP contribution is -1.70. The number of rotatable bonds is 3. The normalized spacial score (nSPS) is 10.9. The van der Waals surface area contributed by atoms with Crippen LogP contribution in [0.3, 0.4) is 0 Å². The topological polar surface area (TPSA) is 26.0 Å². The first-order valence-corrected chi connectivity index (χ1v) is 4.13. The number of thioether (sulfide) groups is 1. The Morgan fingerprint density at radius 1 is 1.80 bits per heavy atom. The predicted octanol–water partition coefficient (Wildman–Crippen LogP) is 2.52. The third kappa shape index (κ3) is 2.45. The van der Waals surface area contributed by atoms with Crippen LogP contribution in [-0.4, -0.2) is 10.7 Å². The molecule has 4 heteroatoms. The van der Waals surface area contributed by atoms with E-state index < -0.39 is 0 Å². The molecule has 0 amide bonds. The molecule has 0 aliphatic carbocycles. The first kappa shape index (κ1) is 7.69. The van der Waals surface area contributed by atoms with Crippen LogP contribution in [0.1, 0.15) is 0 Å². The Bertz CT molecular complexity index is 198. The molecule has 0 atom stereocenters. The Hall–Kier alpha value is -0.410. The minimum atomic E-state index is 0.676. The minimum absolute atomic E-state index is 0.676. The molecule has 0 spiro atoms. The van der Waals surface area contributed by atoms with Gasteiger partial charge in [0.2, 0.25) is 0 Å². The quantitative estimate of drug-likeness (QED) is 0.661. The Labute approximate surface area is 68.3 Å². The maximum Gasteiger partial charge on any atom is 0.255 e. The minimum Gasteiger partial charge on any atom is -0.440 e. The maximum atomic E-state index is 5.30. The molecule has 0 radical (unpaired) electrons. The summed E-state index contributed by atoms with van der Waals surface area (Å²) >= 11 is 6.80. The first-order chi connectivity index (χ1) is 4.93. The van der Waals surface area contributed by atoms with Gasteiger partial charge in [-0.15, -0.1) is 0 Å². The smallest absolute Gasteiger partial charge is 0.255 e. The molecule has 1 heterocycles. The molecule has 10 heavy (non-hydrogen) atoms. The molecule has 0 aliphatic rings. The van der Waals surface area contributed by atoms with Crippen molar-refractivity contribution in [3.8, 4) is 0 Å². The summed E-state index contributed by atoms with van der Waals surface area (Å²) in [7, 11) is 0. The number of hydrogen-bond acceptors (Lipinski definition) is 3. The fraction of sp³-hybridized carbons (Fsp3) is 0.167. The number of halogens is 1. The van der Waals surface area contributed by atoms with Gasteiger partial charge in [0.15, 0.2) is 0 Å². The Balaban J connectivity index is 2.28. The molecular formula is C6H6ClNOS. The fourth-order valence-electron chi connectivity index (χ4n) is 0.437. The van der Waals surface area contributed by atoms with Gasteiger partial charge in [0.1, 0.15) is 6.26 Å². The van der Waals surface area contributed by atoms with E-state index in [0.717, 1.165) is 5.75 Å². The number of aromatic nitrogens is 1. The molecule has 0 saturated carbocycles. The zero-order chi connectivity index (χ0) is 7.23. The van der Waals surface area contributed by atoms with Crippen molar-refractivity contribution in [1.82, 2.24) is 4.98 Å². The van der Waals surface area contributed by atoms with Crippen molar-refractivity contribution in [1.29, 1.82) is 0 Å². The van der Waals surface area contributed by atoms with Gasteiger partial charge >= 0.3 is 0 Å². The van der Waals surface area contributed by atoms with Gasteiger partial charge in [0, 0.05) is 11.3 Å². The third-order valence-electron chi connectivity index (χ3n) is 0.802. The standard InChI is InChI=1S/C6H6ClNOS/c7-2-1-5-10-6-8-3-4-9-6/h1-4H,5H2/b2-1+. The van der Waals surface area contributed by atoms with Gasteiger partial charge in [-0.25, -0.2) is 4.98 Å². The van der Waals surface area contributed by atoms with Crippen LogP contribution in [0, 0.1) is 0 Å². The van der Waals surface area contributed by atoms with E-state index in [0.29, 0.717) is 5.22 Å². The van der Waals surface area contributed by atoms with Crippen molar-refractivity contribution in [2.24, 2.45) is 0 Å². The van der Waals surface area contributed by atoms with Gasteiger partial charge in [0.05, 0.1) is 6.20 Å². The van der Waals surface area contributed by atoms with Crippen LogP contribution in [0.15, 0.2) is 33.7 Å². The van der Waals surface area contributed by atoms with E-state index >= 15 is 0 Å². The summed E-state index contributed by atoms with van der Waals surface area (Å²) < 4.78 is 4.95. The molecule has 0 N–H and O–H groups in total. The molecule has 1 aromatic heterocycles. The van der Waals surface area contributed by atoms with Crippen molar-refractivity contribution in [3.05, 3.63) is 24.1 Å². The molecule has 1 rings (SSSR count). The lowest BCUT2D eigenvalue weighted by Gasteiger charge is -1.86. The average molecular weight is 176 g/mol. The predicted molar refractivity (Wildman–Crippen MR) is 42.2 cm³/mol. The van der Waals surface area contributed by atoms with Gasteiger partial charge in [-0.1, -0.05) is 29.4 Å². The maximum absolute atomic E-state index is 5.30. The average Bonchev–Trinajstić information content (AvgIpc) is 2.41. The van der Waals surface area contributed by atoms with Crippen molar-refractivity contribution >= 4 is 23.4 Å². The summed E-state index contributed by atoms with van der Waals surface area (Å²) in [6.07, 6.45) is 5.00. The summed E-state index contributed by atoms with van der Waals surface area (Å²) in [5, 5.41) is 0.676. The van der Waals surface area contributed by atoms with E-state index in [4.69, 9.17) is 16.0 Å². The number of oxazole rings is 1. The van der Waals surface area contributed by atoms with Crippen LogP contribution >= 0.6 is 23.4 Å². The Kier molecular flexibility index (Phi) is 3.40. The number of hydrogen-bond donors (Lipinski definition) is 0. The molecule has 2 nitrogen and oxygen atoms in total. The largest absolute Gasteiger partial charge is 0.440 e. The summed E-state index contributed by atoms with van der Waals surface area (Å²) in [6.45, 7) is 0. The molecule has 54 valence electrons. The number of nitrogens with zero attached hydrogens (tertiary/aromatic N) is 1. The van der Waals surface area contributed by atoms with Crippen molar-refractivity contribution in [3.63, 3.8) is 0 Å². The van der Waals surface area contributed by atoms with Crippen LogP contribution < -0.4 is 0 Å². The molecular weight excluding hydrogens is 170 g/mol. The molecule has 0 bridgehead atoms. The van der Waals surface area contributed by atoms with Gasteiger partial charge < -0.3 is 4.42 Å². The highest BCUT2D eigenvalue weighted by Crippen LogP contribution is 2.14. The van der Waals surface area contributed by atoms with E-state index in [9.17, 15) is 0 Å². The molecule has 0 aliphatic heterocycles. The highest BCUT2D eigenvalue weighted by atomic mass is 35.5. The summed E-state index contributed by atoms with van der Waals surface area (Å²) in [6, 6.07) is 0. The lowest BCUT2D eigenvalue weighted by molar-refractivity contribution is 0.454. The second-order valence-electron chi connectivity index (χ2n) is 1.47. The fourth-order valence-corrected chi connectivity index (χ4v) is 1.23. The third-order valence-corrected chi connectivity index (χ3v) is 1.79. The van der Waals surface area contributed by atoms with E-state index in [2.05, 4.69) is 4.98 Å². The van der Waals surface area contributed by atoms with Crippen LogP contribution in [-0.2, 0) is 0 Å². The zero-order valence-electron chi connectivity index (χ0n) is 5.16. The molecule has 0 saturated heterocycles. The van der Waals surface area contributed by atoms with Crippen LogP contribution in [0.5, 0.6) is 0 Å². The summed E-state index contributed by atoms with van der Waals surface area (Å²) in [5.74, 6) is 0.796. The van der Waals surface area contributed by atoms with Crippen LogP contribution in [0.25, 0.3) is 0 Å². The monoisotopic (exact) mass is 175 g/mol. The van der Waals surface area contributed by atoms with Crippen molar-refractivity contribution in [2.75, 3.05) is 5.75 Å².